The first-order valence-electron chi connectivity index (χ1n) is 4.65. The molecule has 84 valence electrons. The van der Waals surface area contributed by atoms with E-state index >= 15 is 0 Å². The Morgan fingerprint density at radius 1 is 1.19 bits per heavy atom. The van der Waals surface area contributed by atoms with E-state index in [0.29, 0.717) is 11.1 Å². The van der Waals surface area contributed by atoms with Crippen LogP contribution in [-0.4, -0.2) is 19.8 Å². The lowest BCUT2D eigenvalue weighted by Crippen LogP contribution is -2.09. The summed E-state index contributed by atoms with van der Waals surface area (Å²) in [6.07, 6.45) is 1.09. The Morgan fingerprint density at radius 3 is 2.62 bits per heavy atom. The van der Waals surface area contributed by atoms with Gasteiger partial charge in [-0.05, 0) is 23.6 Å². The molecule has 0 spiro atoms. The smallest absolute Gasteiger partial charge is 0.229 e. The number of phenolic OH excluding ortho intramolecular Hbond substituents is 1. The fraction of sp³-hybridized carbons (Fsp3) is 0.0909. The van der Waals surface area contributed by atoms with Gasteiger partial charge in [-0.3, -0.25) is 4.72 Å². The maximum Gasteiger partial charge on any atom is 0.229 e. The largest absolute Gasteiger partial charge is 0.508 e. The molecule has 0 aromatic heterocycles. The molecule has 0 fully saturated rings. The molecule has 0 radical (unpaired) electrons. The minimum Gasteiger partial charge on any atom is -0.508 e. The highest BCUT2D eigenvalue weighted by Crippen LogP contribution is 2.27. The van der Waals surface area contributed by atoms with Crippen molar-refractivity contribution >= 4 is 26.5 Å². The van der Waals surface area contributed by atoms with Gasteiger partial charge in [0.1, 0.15) is 5.75 Å². The Hall–Kier alpha value is -1.75. The third-order valence-corrected chi connectivity index (χ3v) is 2.75. The molecule has 0 aliphatic rings. The van der Waals surface area contributed by atoms with Crippen LogP contribution in [-0.2, 0) is 10.0 Å². The molecule has 0 unspecified atom stereocenters. The molecule has 0 saturated heterocycles. The van der Waals surface area contributed by atoms with Crippen LogP contribution in [0.25, 0.3) is 10.8 Å². The molecular formula is C11H11NO3S. The molecule has 0 saturated carbocycles. The van der Waals surface area contributed by atoms with Crippen LogP contribution in [0.2, 0.25) is 0 Å². The molecule has 2 rings (SSSR count). The quantitative estimate of drug-likeness (QED) is 0.838. The molecule has 0 heterocycles. The molecule has 4 nitrogen and oxygen atoms in total. The molecule has 0 bridgehead atoms. The fourth-order valence-electron chi connectivity index (χ4n) is 1.55. The van der Waals surface area contributed by atoms with E-state index in [9.17, 15) is 13.5 Å². The van der Waals surface area contributed by atoms with Crippen molar-refractivity contribution in [3.63, 3.8) is 0 Å². The van der Waals surface area contributed by atoms with E-state index in [2.05, 4.69) is 4.72 Å². The first-order valence-corrected chi connectivity index (χ1v) is 6.54. The van der Waals surface area contributed by atoms with Crippen LogP contribution in [0, 0.1) is 0 Å². The summed E-state index contributed by atoms with van der Waals surface area (Å²) in [5.74, 6) is 0.107. The van der Waals surface area contributed by atoms with Crippen LogP contribution in [0.15, 0.2) is 36.4 Å². The van der Waals surface area contributed by atoms with Crippen molar-refractivity contribution < 1.29 is 13.5 Å². The van der Waals surface area contributed by atoms with E-state index in [1.54, 1.807) is 24.3 Å². The molecule has 2 N–H and O–H groups in total. The predicted molar refractivity (Wildman–Crippen MR) is 64.1 cm³/mol. The number of hydrogen-bond donors (Lipinski definition) is 2. The van der Waals surface area contributed by atoms with Gasteiger partial charge in [0.2, 0.25) is 10.0 Å². The normalized spacial score (nSPS) is 11.6. The maximum absolute atomic E-state index is 11.2. The standard InChI is InChI=1S/C11H11NO3S/c1-16(14,15)12-11-4-2-3-8-5-6-9(13)7-10(8)11/h2-7,12-13H,1H3. The average molecular weight is 237 g/mol. The fourth-order valence-corrected chi connectivity index (χ4v) is 2.13. The van der Waals surface area contributed by atoms with Gasteiger partial charge in [0.15, 0.2) is 0 Å². The molecule has 0 aliphatic carbocycles. The summed E-state index contributed by atoms with van der Waals surface area (Å²) in [5.41, 5.74) is 0.468. The highest BCUT2D eigenvalue weighted by molar-refractivity contribution is 7.92. The van der Waals surface area contributed by atoms with Gasteiger partial charge in [-0.25, -0.2) is 8.42 Å². The zero-order chi connectivity index (χ0) is 11.8. The third-order valence-electron chi connectivity index (χ3n) is 2.16. The molecule has 0 amide bonds. The van der Waals surface area contributed by atoms with Crippen molar-refractivity contribution in [1.29, 1.82) is 0 Å². The van der Waals surface area contributed by atoms with Crippen LogP contribution in [0.5, 0.6) is 5.75 Å². The second kappa shape index (κ2) is 3.68. The number of sulfonamides is 1. The molecule has 0 aliphatic heterocycles. The summed E-state index contributed by atoms with van der Waals surface area (Å²) in [4.78, 5) is 0. The van der Waals surface area contributed by atoms with Gasteiger partial charge in [0.25, 0.3) is 0 Å². The first-order chi connectivity index (χ1) is 7.46. The van der Waals surface area contributed by atoms with Gasteiger partial charge in [0, 0.05) is 5.39 Å². The van der Waals surface area contributed by atoms with Gasteiger partial charge in [0.05, 0.1) is 11.9 Å². The van der Waals surface area contributed by atoms with E-state index in [1.807, 2.05) is 6.07 Å². The predicted octanol–water partition coefficient (Wildman–Crippen LogP) is 1.92. The molecule has 5 heteroatoms. The maximum atomic E-state index is 11.2. The van der Waals surface area contributed by atoms with Crippen LogP contribution < -0.4 is 4.72 Å². The Balaban J connectivity index is 2.65. The van der Waals surface area contributed by atoms with E-state index in [0.717, 1.165) is 11.6 Å². The van der Waals surface area contributed by atoms with E-state index in [-0.39, 0.29) is 5.75 Å². The number of benzene rings is 2. The Labute approximate surface area is 93.6 Å². The molecule has 2 aromatic carbocycles. The van der Waals surface area contributed by atoms with Crippen molar-refractivity contribution in [2.45, 2.75) is 0 Å². The number of fused-ring (bicyclic) bond motifs is 1. The van der Waals surface area contributed by atoms with Crippen molar-refractivity contribution in [3.05, 3.63) is 36.4 Å². The van der Waals surface area contributed by atoms with Crippen LogP contribution in [0.3, 0.4) is 0 Å². The monoisotopic (exact) mass is 237 g/mol. The molecule has 2 aromatic rings. The lowest BCUT2D eigenvalue weighted by Gasteiger charge is -2.08. The van der Waals surface area contributed by atoms with Gasteiger partial charge < -0.3 is 5.11 Å². The Morgan fingerprint density at radius 2 is 1.94 bits per heavy atom. The molecule has 0 atom stereocenters. The van der Waals surface area contributed by atoms with Crippen LogP contribution in [0.1, 0.15) is 0 Å². The van der Waals surface area contributed by atoms with E-state index in [1.165, 1.54) is 6.07 Å². The average Bonchev–Trinajstić information content (AvgIpc) is 2.17. The first kappa shape index (κ1) is 10.8. The molecular weight excluding hydrogens is 226 g/mol. The Bertz CT molecular complexity index is 635. The van der Waals surface area contributed by atoms with Gasteiger partial charge in [-0.2, -0.15) is 0 Å². The summed E-state index contributed by atoms with van der Waals surface area (Å²) in [6.45, 7) is 0. The van der Waals surface area contributed by atoms with Crippen LogP contribution in [0.4, 0.5) is 5.69 Å². The number of aromatic hydroxyl groups is 1. The third kappa shape index (κ3) is 2.25. The highest BCUT2D eigenvalue weighted by atomic mass is 32.2. The number of rotatable bonds is 2. The minimum atomic E-state index is -3.31. The summed E-state index contributed by atoms with van der Waals surface area (Å²) in [7, 11) is -3.31. The van der Waals surface area contributed by atoms with Crippen molar-refractivity contribution in [2.75, 3.05) is 11.0 Å². The number of phenols is 1. The number of nitrogens with one attached hydrogen (secondary N) is 1. The van der Waals surface area contributed by atoms with Gasteiger partial charge >= 0.3 is 0 Å². The topological polar surface area (TPSA) is 66.4 Å². The second-order valence-electron chi connectivity index (χ2n) is 3.59. The zero-order valence-corrected chi connectivity index (χ0v) is 9.45. The van der Waals surface area contributed by atoms with Crippen molar-refractivity contribution in [2.24, 2.45) is 0 Å². The Kier molecular flexibility index (Phi) is 2.47. The lowest BCUT2D eigenvalue weighted by atomic mass is 10.1. The van der Waals surface area contributed by atoms with E-state index in [4.69, 9.17) is 0 Å². The summed E-state index contributed by atoms with van der Waals surface area (Å²) in [5, 5.41) is 10.9. The summed E-state index contributed by atoms with van der Waals surface area (Å²) in [6, 6.07) is 10.1. The second-order valence-corrected chi connectivity index (χ2v) is 5.33. The van der Waals surface area contributed by atoms with E-state index < -0.39 is 10.0 Å². The zero-order valence-electron chi connectivity index (χ0n) is 8.64. The van der Waals surface area contributed by atoms with Gasteiger partial charge in [-0.15, -0.1) is 0 Å². The number of anilines is 1. The molecule has 16 heavy (non-hydrogen) atoms. The summed E-state index contributed by atoms with van der Waals surface area (Å²) >= 11 is 0. The van der Waals surface area contributed by atoms with Crippen molar-refractivity contribution in [1.82, 2.24) is 0 Å². The van der Waals surface area contributed by atoms with Crippen molar-refractivity contribution in [3.8, 4) is 5.75 Å². The number of hydrogen-bond acceptors (Lipinski definition) is 3. The summed E-state index contributed by atoms with van der Waals surface area (Å²) < 4.78 is 24.7. The highest BCUT2D eigenvalue weighted by Gasteiger charge is 2.06. The van der Waals surface area contributed by atoms with Gasteiger partial charge in [-0.1, -0.05) is 18.2 Å². The minimum absolute atomic E-state index is 0.107. The van der Waals surface area contributed by atoms with Crippen LogP contribution >= 0.6 is 0 Å². The SMILES string of the molecule is CS(=O)(=O)Nc1cccc2ccc(O)cc12. The lowest BCUT2D eigenvalue weighted by molar-refractivity contribution is 0.476.